The molecule has 1 atom stereocenters. The van der Waals surface area contributed by atoms with Gasteiger partial charge in [0.1, 0.15) is 5.75 Å². The van der Waals surface area contributed by atoms with Gasteiger partial charge < -0.3 is 20.2 Å². The summed E-state index contributed by atoms with van der Waals surface area (Å²) in [6.45, 7) is 13.7. The van der Waals surface area contributed by atoms with Crippen LogP contribution in [0.25, 0.3) is 10.1 Å². The molecule has 1 heterocycles. The zero-order valence-electron chi connectivity index (χ0n) is 21.9. The smallest absolute Gasteiger partial charge is 0.404 e. The maximum atomic E-state index is 13.3. The Morgan fingerprint density at radius 3 is 2.22 bits per heavy atom. The van der Waals surface area contributed by atoms with Gasteiger partial charge in [0.25, 0.3) is 8.32 Å². The lowest BCUT2D eigenvalue weighted by molar-refractivity contribution is -0.117. The summed E-state index contributed by atoms with van der Waals surface area (Å²) in [5.74, 6) is 0.111. The van der Waals surface area contributed by atoms with Crippen molar-refractivity contribution in [2.75, 3.05) is 11.9 Å². The van der Waals surface area contributed by atoms with Gasteiger partial charge >= 0.3 is 6.09 Å². The van der Waals surface area contributed by atoms with Gasteiger partial charge in [0.15, 0.2) is 0 Å². The van der Waals surface area contributed by atoms with Crippen molar-refractivity contribution in [1.29, 1.82) is 0 Å². The first kappa shape index (κ1) is 27.7. The number of fused-ring (bicyclic) bond motifs is 1. The highest BCUT2D eigenvalue weighted by molar-refractivity contribution is 7.13. The fourth-order valence-electron chi connectivity index (χ4n) is 5.27. The Balaban J connectivity index is 1.83. The second-order valence-electron chi connectivity index (χ2n) is 10.1. The summed E-state index contributed by atoms with van der Waals surface area (Å²) in [6.07, 6.45) is 1.03. The molecule has 194 valence electrons. The van der Waals surface area contributed by atoms with Crippen LogP contribution in [0.1, 0.15) is 59.4 Å². The summed E-state index contributed by atoms with van der Waals surface area (Å²) >= 11 is 1.37. The van der Waals surface area contributed by atoms with E-state index in [-0.39, 0.29) is 12.5 Å². The van der Waals surface area contributed by atoms with Crippen molar-refractivity contribution in [2.45, 2.75) is 70.5 Å². The number of rotatable bonds is 11. The molecule has 3 N–H and O–H groups in total. The van der Waals surface area contributed by atoms with Gasteiger partial charge in [-0.3, -0.25) is 4.79 Å². The molecule has 0 radical (unpaired) electrons. The largest absolute Gasteiger partial charge is 0.543 e. The second kappa shape index (κ2) is 11.9. The third-order valence-corrected chi connectivity index (χ3v) is 13.7. The van der Waals surface area contributed by atoms with Gasteiger partial charge in [-0.15, -0.1) is 0 Å². The molecule has 0 saturated carbocycles. The molecule has 2 aromatic carbocycles. The number of carbonyl (C=O) groups is 2. The van der Waals surface area contributed by atoms with Crippen molar-refractivity contribution in [2.24, 2.45) is 0 Å². The van der Waals surface area contributed by atoms with Crippen LogP contribution in [0.3, 0.4) is 0 Å². The van der Waals surface area contributed by atoms with E-state index in [9.17, 15) is 9.59 Å². The van der Waals surface area contributed by atoms with Crippen LogP contribution in [0.2, 0.25) is 16.6 Å². The second-order valence-corrected chi connectivity index (χ2v) is 16.3. The zero-order chi connectivity index (χ0) is 26.5. The fourth-order valence-corrected chi connectivity index (χ4v) is 11.2. The average Bonchev–Trinajstić information content (AvgIpc) is 3.28. The fraction of sp³-hybridized carbons (Fsp3) is 0.444. The zero-order valence-corrected chi connectivity index (χ0v) is 23.7. The predicted molar refractivity (Wildman–Crippen MR) is 150 cm³/mol. The van der Waals surface area contributed by atoms with Crippen molar-refractivity contribution in [3.8, 4) is 5.75 Å². The number of nitrogens with zero attached hydrogens (tertiary/aromatic N) is 1. The highest BCUT2D eigenvalue weighted by atomic mass is 32.1. The first-order valence-corrected chi connectivity index (χ1v) is 15.4. The Bertz CT molecular complexity index is 1160. The van der Waals surface area contributed by atoms with E-state index in [4.69, 9.17) is 9.53 Å². The average molecular weight is 528 g/mol. The molecule has 9 heteroatoms. The molecule has 0 spiro atoms. The molecule has 0 aliphatic heterocycles. The van der Waals surface area contributed by atoms with Crippen LogP contribution in [0.15, 0.2) is 48.7 Å². The molecule has 0 fully saturated rings. The van der Waals surface area contributed by atoms with E-state index in [0.29, 0.717) is 28.7 Å². The van der Waals surface area contributed by atoms with E-state index in [0.717, 1.165) is 21.4 Å². The normalized spacial score (nSPS) is 12.8. The van der Waals surface area contributed by atoms with E-state index in [1.54, 1.807) is 6.20 Å². The van der Waals surface area contributed by atoms with Crippen molar-refractivity contribution in [3.63, 3.8) is 0 Å². The van der Waals surface area contributed by atoms with Gasteiger partial charge in [0.2, 0.25) is 5.91 Å². The number of carboxylic acid groups (broad SMARTS) is 1. The van der Waals surface area contributed by atoms with Crippen molar-refractivity contribution in [1.82, 2.24) is 9.69 Å². The Kier molecular flexibility index (Phi) is 9.13. The summed E-state index contributed by atoms with van der Waals surface area (Å²) in [6, 6.07) is 13.4. The Labute approximate surface area is 218 Å². The van der Waals surface area contributed by atoms with E-state index in [1.165, 1.54) is 11.5 Å². The summed E-state index contributed by atoms with van der Waals surface area (Å²) in [5.41, 5.74) is 2.86. The van der Waals surface area contributed by atoms with E-state index < -0.39 is 20.3 Å². The number of amides is 2. The topological polar surface area (TPSA) is 101 Å². The quantitative estimate of drug-likeness (QED) is 0.228. The molecule has 1 unspecified atom stereocenters. The third-order valence-electron chi connectivity index (χ3n) is 6.93. The van der Waals surface area contributed by atoms with Gasteiger partial charge in [-0.25, -0.2) is 4.79 Å². The van der Waals surface area contributed by atoms with Crippen LogP contribution >= 0.6 is 11.5 Å². The van der Waals surface area contributed by atoms with Crippen LogP contribution < -0.4 is 15.1 Å². The van der Waals surface area contributed by atoms with E-state index >= 15 is 0 Å². The lowest BCUT2D eigenvalue weighted by atomic mass is 9.94. The van der Waals surface area contributed by atoms with Crippen LogP contribution in [0.4, 0.5) is 10.5 Å². The SMILES string of the molecule is CC(C)[Si](Oc1ccc(C(CCNC(=O)O)C(=O)Nc2ccc3cnsc3c2)cc1)(C(C)C)C(C)C. The minimum atomic E-state index is -2.09. The number of nitrogens with one attached hydrogen (secondary N) is 2. The summed E-state index contributed by atoms with van der Waals surface area (Å²) < 4.78 is 11.9. The molecule has 36 heavy (non-hydrogen) atoms. The third kappa shape index (κ3) is 6.25. The number of hydrogen-bond donors (Lipinski definition) is 3. The monoisotopic (exact) mass is 527 g/mol. The molecule has 3 aromatic rings. The molecule has 3 rings (SSSR count). The lowest BCUT2D eigenvalue weighted by Crippen LogP contribution is -2.50. The van der Waals surface area contributed by atoms with Crippen molar-refractivity contribution in [3.05, 3.63) is 54.2 Å². The summed E-state index contributed by atoms with van der Waals surface area (Å²) in [4.78, 5) is 24.3. The van der Waals surface area contributed by atoms with Gasteiger partial charge in [0, 0.05) is 23.8 Å². The molecule has 0 aliphatic rings. The number of benzene rings is 2. The maximum Gasteiger partial charge on any atom is 0.404 e. The van der Waals surface area contributed by atoms with E-state index in [2.05, 4.69) is 56.5 Å². The van der Waals surface area contributed by atoms with Crippen LogP contribution in [-0.4, -0.2) is 36.3 Å². The molecular weight excluding hydrogens is 490 g/mol. The molecule has 0 saturated heterocycles. The highest BCUT2D eigenvalue weighted by Gasteiger charge is 2.47. The number of hydrogen-bond acceptors (Lipinski definition) is 5. The Morgan fingerprint density at radius 1 is 1.00 bits per heavy atom. The molecule has 2 amide bonds. The molecule has 7 nitrogen and oxygen atoms in total. The summed E-state index contributed by atoms with van der Waals surface area (Å²) in [7, 11) is -2.09. The first-order chi connectivity index (χ1) is 17.0. The van der Waals surface area contributed by atoms with Crippen molar-refractivity contribution >= 4 is 47.6 Å². The van der Waals surface area contributed by atoms with Crippen LogP contribution in [0.5, 0.6) is 5.75 Å². The standard InChI is InChI=1S/C27H37N3O4SSi/c1-17(2)36(18(3)4,19(5)6)34-23-11-8-20(9-12-23)24(13-14-28-27(32)33)26(31)30-22-10-7-21-16-29-35-25(21)15-22/h7-12,15-19,24,28H,13-14H2,1-6H3,(H,30,31)(H,32,33). The van der Waals surface area contributed by atoms with Gasteiger partial charge in [0.05, 0.1) is 10.6 Å². The molecule has 0 aliphatic carbocycles. The maximum absolute atomic E-state index is 13.3. The summed E-state index contributed by atoms with van der Waals surface area (Å²) in [5, 5.41) is 15.4. The first-order valence-electron chi connectivity index (χ1n) is 12.5. The molecule has 1 aromatic heterocycles. The minimum absolute atomic E-state index is 0.170. The highest BCUT2D eigenvalue weighted by Crippen LogP contribution is 2.43. The molecular formula is C27H37N3O4SSi. The van der Waals surface area contributed by atoms with Crippen LogP contribution in [0, 0.1) is 0 Å². The number of carbonyl (C=O) groups excluding carboxylic acids is 1. The molecule has 0 bridgehead atoms. The number of aromatic nitrogens is 1. The van der Waals surface area contributed by atoms with Gasteiger partial charge in [-0.05, 0) is 70.5 Å². The number of anilines is 1. The van der Waals surface area contributed by atoms with Gasteiger partial charge in [-0.1, -0.05) is 53.7 Å². The minimum Gasteiger partial charge on any atom is -0.543 e. The lowest BCUT2D eigenvalue weighted by Gasteiger charge is -2.42. The Hall–Kier alpha value is -2.91. The van der Waals surface area contributed by atoms with E-state index in [1.807, 2.05) is 42.5 Å². The Morgan fingerprint density at radius 2 is 1.64 bits per heavy atom. The predicted octanol–water partition coefficient (Wildman–Crippen LogP) is 7.23. The van der Waals surface area contributed by atoms with Crippen molar-refractivity contribution < 1.29 is 19.1 Å². The van der Waals surface area contributed by atoms with Crippen LogP contribution in [-0.2, 0) is 4.79 Å². The van der Waals surface area contributed by atoms with Gasteiger partial charge in [-0.2, -0.15) is 4.37 Å².